The molecular formula is C12H22N2O2. The summed E-state index contributed by atoms with van der Waals surface area (Å²) in [6.45, 7) is 6.78. The van der Waals surface area contributed by atoms with E-state index in [0.717, 1.165) is 19.1 Å². The van der Waals surface area contributed by atoms with E-state index in [2.05, 4.69) is 5.32 Å². The van der Waals surface area contributed by atoms with E-state index < -0.39 is 0 Å². The van der Waals surface area contributed by atoms with Crippen molar-refractivity contribution in [3.05, 3.63) is 0 Å². The molecule has 1 fully saturated rings. The summed E-state index contributed by atoms with van der Waals surface area (Å²) >= 11 is 0. The molecule has 1 aliphatic heterocycles. The summed E-state index contributed by atoms with van der Waals surface area (Å²) in [5, 5.41) is 3.06. The third-order valence-electron chi connectivity index (χ3n) is 3.14. The van der Waals surface area contributed by atoms with Gasteiger partial charge in [-0.1, -0.05) is 20.8 Å². The minimum Gasteiger partial charge on any atom is -0.332 e. The first-order valence-electron chi connectivity index (χ1n) is 5.85. The molecule has 1 amide bonds. The number of hydrogen-bond acceptors (Lipinski definition) is 3. The minimum atomic E-state index is -0.229. The lowest BCUT2D eigenvalue weighted by atomic mass is 9.86. The smallest absolute Gasteiger partial charge is 0.240 e. The number of amides is 1. The van der Waals surface area contributed by atoms with Crippen molar-refractivity contribution < 1.29 is 9.59 Å². The number of likely N-dealkylation sites (tertiary alicyclic amines) is 1. The summed E-state index contributed by atoms with van der Waals surface area (Å²) in [4.78, 5) is 24.9. The fraction of sp³-hybridized carbons (Fsp3) is 0.833. The summed E-state index contributed by atoms with van der Waals surface area (Å²) in [6, 6.07) is -0.446. The third kappa shape index (κ3) is 2.61. The molecule has 4 heteroatoms. The van der Waals surface area contributed by atoms with Gasteiger partial charge in [0.25, 0.3) is 0 Å². The van der Waals surface area contributed by atoms with Crippen LogP contribution in [0.15, 0.2) is 0 Å². The van der Waals surface area contributed by atoms with Crippen LogP contribution in [0.5, 0.6) is 0 Å². The van der Waals surface area contributed by atoms with Crippen molar-refractivity contribution in [2.75, 3.05) is 13.6 Å². The van der Waals surface area contributed by atoms with Gasteiger partial charge >= 0.3 is 0 Å². The molecule has 1 heterocycles. The zero-order chi connectivity index (χ0) is 12.3. The summed E-state index contributed by atoms with van der Waals surface area (Å²) in [5.74, 6) is 0.0459. The van der Waals surface area contributed by atoms with Crippen LogP contribution in [-0.2, 0) is 9.59 Å². The van der Waals surface area contributed by atoms with Crippen molar-refractivity contribution in [2.24, 2.45) is 5.41 Å². The van der Waals surface area contributed by atoms with E-state index in [-0.39, 0.29) is 23.4 Å². The van der Waals surface area contributed by atoms with Crippen LogP contribution in [0.3, 0.4) is 0 Å². The second-order valence-corrected chi connectivity index (χ2v) is 5.47. The number of likely N-dealkylation sites (N-methyl/N-ethyl adjacent to an activating group) is 1. The van der Waals surface area contributed by atoms with Crippen LogP contribution in [-0.4, -0.2) is 42.8 Å². The van der Waals surface area contributed by atoms with Crippen molar-refractivity contribution in [2.45, 2.75) is 45.7 Å². The standard InChI is InChI=1S/C12H22N2O2/c1-12(2,3)10(13-4)11(16)14-7-5-6-9(14)8-15/h8-10,13H,5-7H2,1-4H3/t9-,10+/m0/s1. The number of carbonyl (C=O) groups is 2. The Hall–Kier alpha value is -0.900. The lowest BCUT2D eigenvalue weighted by molar-refractivity contribution is -0.138. The first-order valence-corrected chi connectivity index (χ1v) is 5.85. The summed E-state index contributed by atoms with van der Waals surface area (Å²) in [6.07, 6.45) is 2.62. The molecular weight excluding hydrogens is 204 g/mol. The van der Waals surface area contributed by atoms with Gasteiger partial charge in [0.1, 0.15) is 6.29 Å². The second-order valence-electron chi connectivity index (χ2n) is 5.47. The van der Waals surface area contributed by atoms with Crippen LogP contribution in [0, 0.1) is 5.41 Å². The molecule has 0 saturated carbocycles. The molecule has 0 aliphatic carbocycles. The number of aldehydes is 1. The van der Waals surface area contributed by atoms with Crippen LogP contribution in [0.4, 0.5) is 0 Å². The topological polar surface area (TPSA) is 49.4 Å². The zero-order valence-corrected chi connectivity index (χ0v) is 10.6. The Morgan fingerprint density at radius 2 is 2.12 bits per heavy atom. The van der Waals surface area contributed by atoms with Gasteiger partial charge in [0.2, 0.25) is 5.91 Å². The Bertz CT molecular complexity index is 271. The second kappa shape index (κ2) is 4.95. The number of carbonyl (C=O) groups excluding carboxylic acids is 2. The van der Waals surface area contributed by atoms with Gasteiger partial charge in [0.15, 0.2) is 0 Å². The fourth-order valence-corrected chi connectivity index (χ4v) is 2.30. The molecule has 1 saturated heterocycles. The molecule has 2 atom stereocenters. The maximum absolute atomic E-state index is 12.3. The molecule has 92 valence electrons. The van der Waals surface area contributed by atoms with Crippen molar-refractivity contribution in [1.82, 2.24) is 10.2 Å². The normalized spacial score (nSPS) is 23.2. The Balaban J connectivity index is 2.79. The van der Waals surface area contributed by atoms with Crippen molar-refractivity contribution >= 4 is 12.2 Å². The van der Waals surface area contributed by atoms with E-state index in [4.69, 9.17) is 0 Å². The number of rotatable bonds is 3. The maximum Gasteiger partial charge on any atom is 0.240 e. The molecule has 0 radical (unpaired) electrons. The van der Waals surface area contributed by atoms with Gasteiger partial charge in [0, 0.05) is 6.54 Å². The number of hydrogen-bond donors (Lipinski definition) is 1. The van der Waals surface area contributed by atoms with Crippen LogP contribution >= 0.6 is 0 Å². The molecule has 0 aromatic rings. The van der Waals surface area contributed by atoms with Crippen LogP contribution < -0.4 is 5.32 Å². The summed E-state index contributed by atoms with van der Waals surface area (Å²) in [5.41, 5.74) is -0.137. The van der Waals surface area contributed by atoms with E-state index in [9.17, 15) is 9.59 Å². The first kappa shape index (κ1) is 13.2. The van der Waals surface area contributed by atoms with Crippen molar-refractivity contribution in [3.8, 4) is 0 Å². The molecule has 0 spiro atoms. The molecule has 0 aromatic carbocycles. The monoisotopic (exact) mass is 226 g/mol. The summed E-state index contributed by atoms with van der Waals surface area (Å²) < 4.78 is 0. The van der Waals surface area contributed by atoms with Crippen LogP contribution in [0.1, 0.15) is 33.6 Å². The molecule has 1 aliphatic rings. The van der Waals surface area contributed by atoms with Crippen molar-refractivity contribution in [3.63, 3.8) is 0 Å². The molecule has 0 unspecified atom stereocenters. The van der Waals surface area contributed by atoms with Gasteiger partial charge in [-0.05, 0) is 25.3 Å². The average molecular weight is 226 g/mol. The van der Waals surface area contributed by atoms with Gasteiger partial charge in [-0.3, -0.25) is 4.79 Å². The predicted molar refractivity (Wildman–Crippen MR) is 63.1 cm³/mol. The fourth-order valence-electron chi connectivity index (χ4n) is 2.30. The van der Waals surface area contributed by atoms with E-state index in [1.165, 1.54) is 0 Å². The zero-order valence-electron chi connectivity index (χ0n) is 10.6. The van der Waals surface area contributed by atoms with Crippen LogP contribution in [0.2, 0.25) is 0 Å². The molecule has 4 nitrogen and oxygen atoms in total. The summed E-state index contributed by atoms with van der Waals surface area (Å²) in [7, 11) is 1.79. The molecule has 1 rings (SSSR count). The Kier molecular flexibility index (Phi) is 4.08. The van der Waals surface area contributed by atoms with Crippen LogP contribution in [0.25, 0.3) is 0 Å². The van der Waals surface area contributed by atoms with E-state index in [1.54, 1.807) is 11.9 Å². The third-order valence-corrected chi connectivity index (χ3v) is 3.14. The van der Waals surface area contributed by atoms with Gasteiger partial charge in [-0.25, -0.2) is 0 Å². The molecule has 0 bridgehead atoms. The number of nitrogens with zero attached hydrogens (tertiary/aromatic N) is 1. The predicted octanol–water partition coefficient (Wildman–Crippen LogP) is 0.810. The molecule has 16 heavy (non-hydrogen) atoms. The first-order chi connectivity index (χ1) is 7.41. The highest BCUT2D eigenvalue weighted by molar-refractivity contribution is 5.85. The van der Waals surface area contributed by atoms with Gasteiger partial charge < -0.3 is 15.0 Å². The molecule has 1 N–H and O–H groups in total. The minimum absolute atomic E-state index is 0.0459. The quantitative estimate of drug-likeness (QED) is 0.725. The van der Waals surface area contributed by atoms with E-state index in [1.807, 2.05) is 20.8 Å². The lowest BCUT2D eigenvalue weighted by Gasteiger charge is -2.33. The number of nitrogens with one attached hydrogen (secondary N) is 1. The SMILES string of the molecule is CN[C@H](C(=O)N1CCC[C@H]1C=O)C(C)(C)C. The Morgan fingerprint density at radius 1 is 1.50 bits per heavy atom. The largest absolute Gasteiger partial charge is 0.332 e. The highest BCUT2D eigenvalue weighted by atomic mass is 16.2. The van der Waals surface area contributed by atoms with E-state index in [0.29, 0.717) is 6.54 Å². The highest BCUT2D eigenvalue weighted by Crippen LogP contribution is 2.24. The highest BCUT2D eigenvalue weighted by Gasteiger charge is 2.37. The van der Waals surface area contributed by atoms with Gasteiger partial charge in [-0.15, -0.1) is 0 Å². The average Bonchev–Trinajstić information content (AvgIpc) is 2.63. The molecule has 0 aromatic heterocycles. The lowest BCUT2D eigenvalue weighted by Crippen LogP contribution is -2.53. The van der Waals surface area contributed by atoms with Crippen molar-refractivity contribution in [1.29, 1.82) is 0 Å². The van der Waals surface area contributed by atoms with E-state index >= 15 is 0 Å². The Labute approximate surface area is 97.4 Å². The maximum atomic E-state index is 12.3. The Morgan fingerprint density at radius 3 is 2.56 bits per heavy atom. The van der Waals surface area contributed by atoms with Gasteiger partial charge in [0.05, 0.1) is 12.1 Å². The van der Waals surface area contributed by atoms with Gasteiger partial charge in [-0.2, -0.15) is 0 Å².